The average molecular weight is 144 g/mol. The Balaban J connectivity index is 3.09. The van der Waals surface area contributed by atoms with Crippen LogP contribution in [-0.4, -0.2) is 27.9 Å². The van der Waals surface area contributed by atoms with Gasteiger partial charge in [0.25, 0.3) is 0 Å². The predicted octanol–water partition coefficient (Wildman–Crippen LogP) is 2.42. The first-order valence-corrected chi connectivity index (χ1v) is 4.90. The van der Waals surface area contributed by atoms with Crippen molar-refractivity contribution in [2.24, 2.45) is 5.92 Å². The molecule has 0 N–H and O–H groups in total. The maximum absolute atomic E-state index is 2.32. The van der Waals surface area contributed by atoms with E-state index in [-0.39, 0.29) is 0 Å². The summed E-state index contributed by atoms with van der Waals surface area (Å²) in [7, 11) is 0. The fourth-order valence-corrected chi connectivity index (χ4v) is 2.37. The first-order valence-electron chi connectivity index (χ1n) is 3.90. The van der Waals surface area contributed by atoms with Crippen LogP contribution in [0.5, 0.6) is 0 Å². The molecule has 1 unspecified atom stereocenters. The first-order chi connectivity index (χ1) is 4.55. The molecule has 0 nitrogen and oxygen atoms in total. The molecule has 0 bridgehead atoms. The van der Waals surface area contributed by atoms with Crippen LogP contribution in [0.1, 0.15) is 27.7 Å². The summed E-state index contributed by atoms with van der Waals surface area (Å²) >= 11 is 1.23. The fourth-order valence-electron chi connectivity index (χ4n) is 1.57. The number of hydrogen-bond donors (Lipinski definition) is 0. The summed E-state index contributed by atoms with van der Waals surface area (Å²) < 4.78 is 1.69. The second kappa shape index (κ2) is 2.84. The Bertz CT molecular complexity index is 197. The Labute approximate surface area is 80.8 Å². The Hall–Kier alpha value is 0.480. The zero-order valence-corrected chi connectivity index (χ0v) is 9.58. The molecular weight excluding hydrogens is 131 g/mol. The minimum absolute atomic E-state index is 0.756. The molecule has 0 aromatic heterocycles. The number of hydrogen-bond acceptors (Lipinski definition) is 0. The van der Waals surface area contributed by atoms with E-state index in [1.165, 1.54) is 33.5 Å². The van der Waals surface area contributed by atoms with Gasteiger partial charge in [0.15, 0.2) is 0 Å². The van der Waals surface area contributed by atoms with Crippen molar-refractivity contribution in [3.05, 3.63) is 19.5 Å². The first kappa shape index (κ1) is 8.58. The predicted molar refractivity (Wildman–Crippen MR) is 46.0 cm³/mol. The van der Waals surface area contributed by atoms with Crippen LogP contribution in [0.15, 0.2) is 19.5 Å². The third kappa shape index (κ3) is 1.13. The molecule has 0 saturated carbocycles. The van der Waals surface area contributed by atoms with Crippen molar-refractivity contribution in [3.63, 3.8) is 0 Å². The molecule has 0 radical (unpaired) electrons. The summed E-state index contributed by atoms with van der Waals surface area (Å²) in [4.78, 5) is 0. The van der Waals surface area contributed by atoms with E-state index < -0.39 is 0 Å². The summed E-state index contributed by atoms with van der Waals surface area (Å²) in [5.74, 6) is 0.756. The van der Waals surface area contributed by atoms with Gasteiger partial charge in [-0.15, -0.1) is 0 Å². The van der Waals surface area contributed by atoms with E-state index >= 15 is 0 Å². The van der Waals surface area contributed by atoms with Crippen LogP contribution < -0.4 is 0 Å². The molecule has 1 aliphatic rings. The minimum atomic E-state index is 0.756. The van der Waals surface area contributed by atoms with Crippen LogP contribution in [0.2, 0.25) is 0 Å². The van der Waals surface area contributed by atoms with Crippen molar-refractivity contribution in [1.82, 2.24) is 0 Å². The molecule has 0 aromatic carbocycles. The van der Waals surface area contributed by atoms with Gasteiger partial charge in [-0.3, -0.25) is 0 Å². The molecule has 50 valence electrons. The van der Waals surface area contributed by atoms with Gasteiger partial charge in [-0.05, 0) is 0 Å². The van der Waals surface area contributed by atoms with Crippen molar-refractivity contribution in [2.45, 2.75) is 27.7 Å². The van der Waals surface area contributed by atoms with Gasteiger partial charge in [0.2, 0.25) is 0 Å². The molecule has 0 spiro atoms. The van der Waals surface area contributed by atoms with Crippen LogP contribution in [0.25, 0.3) is 0 Å². The standard InChI is InChI=1S/C9H13.Na/c1-6-5-7(2)9(4)8(6)3;/h6H,1-4H3;. The molecule has 1 aliphatic carbocycles. The molecule has 1 rings (SSSR count). The number of rotatable bonds is 0. The topological polar surface area (TPSA) is 0 Å². The zero-order chi connectivity index (χ0) is 7.89. The second-order valence-corrected chi connectivity index (χ2v) is 4.42. The Kier molecular flexibility index (Phi) is 2.44. The molecular formula is C9H13Na. The molecule has 0 fully saturated rings. The van der Waals surface area contributed by atoms with Crippen LogP contribution >= 0.6 is 0 Å². The van der Waals surface area contributed by atoms with Gasteiger partial charge >= 0.3 is 81.1 Å². The third-order valence-electron chi connectivity index (χ3n) is 3.04. The Morgan fingerprint density at radius 1 is 1.10 bits per heavy atom. The van der Waals surface area contributed by atoms with Crippen molar-refractivity contribution < 1.29 is 0 Å². The van der Waals surface area contributed by atoms with Crippen LogP contribution in [0.4, 0.5) is 0 Å². The molecule has 0 aliphatic heterocycles. The van der Waals surface area contributed by atoms with Gasteiger partial charge in [0, 0.05) is 0 Å². The zero-order valence-electron chi connectivity index (χ0n) is 7.58. The fraction of sp³-hybridized carbons (Fsp3) is 0.556. The van der Waals surface area contributed by atoms with E-state index in [1.54, 1.807) is 14.0 Å². The van der Waals surface area contributed by atoms with E-state index in [1.807, 2.05) is 0 Å². The van der Waals surface area contributed by atoms with E-state index in [9.17, 15) is 0 Å². The van der Waals surface area contributed by atoms with Crippen LogP contribution in [0, 0.1) is 5.92 Å². The second-order valence-electron chi connectivity index (χ2n) is 3.34. The van der Waals surface area contributed by atoms with Crippen LogP contribution in [0.3, 0.4) is 0 Å². The van der Waals surface area contributed by atoms with Crippen molar-refractivity contribution in [2.75, 3.05) is 0 Å². The third-order valence-corrected chi connectivity index (χ3v) is 4.66. The van der Waals surface area contributed by atoms with E-state index in [0.29, 0.717) is 0 Å². The van der Waals surface area contributed by atoms with Gasteiger partial charge in [-0.25, -0.2) is 0 Å². The van der Waals surface area contributed by atoms with Gasteiger partial charge < -0.3 is 0 Å². The van der Waals surface area contributed by atoms with Crippen LogP contribution in [-0.2, 0) is 0 Å². The Morgan fingerprint density at radius 3 is 1.70 bits per heavy atom. The Morgan fingerprint density at radius 2 is 1.60 bits per heavy atom. The molecule has 0 saturated heterocycles. The molecule has 0 amide bonds. The van der Waals surface area contributed by atoms with Gasteiger partial charge in [-0.1, -0.05) is 0 Å². The van der Waals surface area contributed by atoms with Gasteiger partial charge in [0.05, 0.1) is 0 Å². The van der Waals surface area contributed by atoms with Gasteiger partial charge in [-0.2, -0.15) is 0 Å². The molecule has 10 heavy (non-hydrogen) atoms. The average Bonchev–Trinajstić information content (AvgIpc) is 2.07. The van der Waals surface area contributed by atoms with Crippen molar-refractivity contribution in [1.29, 1.82) is 0 Å². The van der Waals surface area contributed by atoms with E-state index in [4.69, 9.17) is 0 Å². The summed E-state index contributed by atoms with van der Waals surface area (Å²) in [6.45, 7) is 9.07. The molecule has 1 heteroatoms. The molecule has 0 heterocycles. The van der Waals surface area contributed by atoms with E-state index in [0.717, 1.165) is 5.92 Å². The SMILES string of the molecule is CC1=C(C)C(C)[C]([Na])=C1C. The van der Waals surface area contributed by atoms with Gasteiger partial charge in [0.1, 0.15) is 0 Å². The van der Waals surface area contributed by atoms with E-state index in [2.05, 4.69) is 27.7 Å². The molecule has 1 atom stereocenters. The number of allylic oxidation sites excluding steroid dienone is 4. The van der Waals surface area contributed by atoms with Crippen molar-refractivity contribution >= 4 is 27.9 Å². The molecule has 0 aromatic rings. The summed E-state index contributed by atoms with van der Waals surface area (Å²) in [6, 6.07) is 0. The quantitative estimate of drug-likeness (QED) is 0.458. The maximum atomic E-state index is 2.32. The normalized spacial score (nSPS) is 26.8. The summed E-state index contributed by atoms with van der Waals surface area (Å²) in [5.41, 5.74) is 4.69. The summed E-state index contributed by atoms with van der Waals surface area (Å²) in [6.07, 6.45) is 0. The monoisotopic (exact) mass is 144 g/mol. The summed E-state index contributed by atoms with van der Waals surface area (Å²) in [5, 5.41) is 0. The van der Waals surface area contributed by atoms with Crippen molar-refractivity contribution in [3.8, 4) is 0 Å².